The van der Waals surface area contributed by atoms with Crippen LogP contribution in [0.3, 0.4) is 0 Å². The van der Waals surface area contributed by atoms with Crippen molar-refractivity contribution in [3.63, 3.8) is 0 Å². The van der Waals surface area contributed by atoms with Gasteiger partial charge in [0, 0.05) is 30.4 Å². The molecule has 0 spiro atoms. The van der Waals surface area contributed by atoms with Gasteiger partial charge in [-0.1, -0.05) is 29.8 Å². The van der Waals surface area contributed by atoms with Gasteiger partial charge in [-0.2, -0.15) is 0 Å². The van der Waals surface area contributed by atoms with Crippen LogP contribution in [0.15, 0.2) is 48.5 Å². The third kappa shape index (κ3) is 3.85. The van der Waals surface area contributed by atoms with Crippen molar-refractivity contribution in [2.24, 2.45) is 5.92 Å². The lowest BCUT2D eigenvalue weighted by molar-refractivity contribution is 0.0931. The van der Waals surface area contributed by atoms with E-state index in [9.17, 15) is 4.79 Å². The minimum atomic E-state index is -0.0273. The van der Waals surface area contributed by atoms with Gasteiger partial charge >= 0.3 is 0 Å². The van der Waals surface area contributed by atoms with E-state index in [0.29, 0.717) is 16.5 Å². The van der Waals surface area contributed by atoms with E-state index in [2.05, 4.69) is 5.32 Å². The second-order valence-corrected chi connectivity index (χ2v) is 6.72. The monoisotopic (exact) mass is 328 g/mol. The normalized spacial score (nSPS) is 15.1. The number of carbonyl (C=O) groups is 1. The smallest absolute Gasteiger partial charge is 0.251 e. The highest BCUT2D eigenvalue weighted by Crippen LogP contribution is 2.41. The Bertz CT molecular complexity index is 693. The van der Waals surface area contributed by atoms with Crippen LogP contribution in [0.25, 0.3) is 0 Å². The molecule has 1 atom stereocenters. The molecule has 0 saturated heterocycles. The molecule has 1 unspecified atom stereocenters. The number of halogens is 1. The Labute approximate surface area is 142 Å². The molecule has 1 N–H and O–H groups in total. The van der Waals surface area contributed by atoms with Gasteiger partial charge in [-0.15, -0.1) is 0 Å². The summed E-state index contributed by atoms with van der Waals surface area (Å²) >= 11 is 5.97. The molecule has 120 valence electrons. The minimum absolute atomic E-state index is 0.0273. The lowest BCUT2D eigenvalue weighted by Gasteiger charge is -2.20. The highest BCUT2D eigenvalue weighted by molar-refractivity contribution is 6.30. The van der Waals surface area contributed by atoms with Crippen LogP contribution >= 0.6 is 11.6 Å². The fourth-order valence-electron chi connectivity index (χ4n) is 2.72. The molecule has 0 bridgehead atoms. The molecule has 2 aromatic rings. The average Bonchev–Trinajstić information content (AvgIpc) is 3.38. The number of benzene rings is 2. The summed E-state index contributed by atoms with van der Waals surface area (Å²) in [6.45, 7) is 0. The molecule has 0 heterocycles. The van der Waals surface area contributed by atoms with Crippen molar-refractivity contribution in [1.82, 2.24) is 5.32 Å². The Morgan fingerprint density at radius 1 is 1.17 bits per heavy atom. The van der Waals surface area contributed by atoms with Gasteiger partial charge in [0.15, 0.2) is 0 Å². The summed E-state index contributed by atoms with van der Waals surface area (Å²) in [5, 5.41) is 3.91. The van der Waals surface area contributed by atoms with Gasteiger partial charge in [-0.3, -0.25) is 4.79 Å². The van der Waals surface area contributed by atoms with Gasteiger partial charge in [-0.05, 0) is 54.7 Å². The second-order valence-electron chi connectivity index (χ2n) is 6.28. The largest absolute Gasteiger partial charge is 0.378 e. The second kappa shape index (κ2) is 6.63. The fraction of sp³-hybridized carbons (Fsp3) is 0.316. The molecular weight excluding hydrogens is 308 g/mol. The predicted molar refractivity (Wildman–Crippen MR) is 95.2 cm³/mol. The molecule has 2 aromatic carbocycles. The summed E-state index contributed by atoms with van der Waals surface area (Å²) in [4.78, 5) is 14.6. The van der Waals surface area contributed by atoms with E-state index in [4.69, 9.17) is 11.6 Å². The third-order valence-corrected chi connectivity index (χ3v) is 4.49. The van der Waals surface area contributed by atoms with E-state index in [0.717, 1.165) is 24.1 Å². The summed E-state index contributed by atoms with van der Waals surface area (Å²) in [6, 6.07) is 15.5. The fourth-order valence-corrected chi connectivity index (χ4v) is 2.85. The van der Waals surface area contributed by atoms with E-state index >= 15 is 0 Å². The summed E-state index contributed by atoms with van der Waals surface area (Å²) in [5.74, 6) is 0.498. The van der Waals surface area contributed by atoms with Crippen LogP contribution in [0.1, 0.15) is 34.8 Å². The summed E-state index contributed by atoms with van der Waals surface area (Å²) in [7, 11) is 3.94. The lowest BCUT2D eigenvalue weighted by Crippen LogP contribution is -2.30. The molecule has 1 fully saturated rings. The quantitative estimate of drug-likeness (QED) is 0.888. The number of anilines is 1. The van der Waals surface area contributed by atoms with Gasteiger partial charge in [0.05, 0.1) is 6.04 Å². The Balaban J connectivity index is 1.79. The Morgan fingerprint density at radius 2 is 1.87 bits per heavy atom. The van der Waals surface area contributed by atoms with E-state index in [1.54, 1.807) is 0 Å². The highest BCUT2D eigenvalue weighted by Gasteiger charge is 2.33. The van der Waals surface area contributed by atoms with Crippen LogP contribution in [0.2, 0.25) is 5.02 Å². The number of nitrogens with one attached hydrogen (secondary N) is 1. The van der Waals surface area contributed by atoms with Gasteiger partial charge in [-0.25, -0.2) is 0 Å². The molecular formula is C19H21ClN2O. The number of amides is 1. The Kier molecular flexibility index (Phi) is 4.58. The van der Waals surface area contributed by atoms with Crippen LogP contribution in [0.5, 0.6) is 0 Å². The Hall–Kier alpha value is -2.00. The summed E-state index contributed by atoms with van der Waals surface area (Å²) in [6.07, 6.45) is 2.32. The first-order chi connectivity index (χ1) is 11.0. The van der Waals surface area contributed by atoms with Crippen molar-refractivity contribution in [3.05, 3.63) is 64.7 Å². The van der Waals surface area contributed by atoms with E-state index in [1.165, 1.54) is 0 Å². The van der Waals surface area contributed by atoms with Crippen molar-refractivity contribution in [2.75, 3.05) is 19.0 Å². The first kappa shape index (κ1) is 15.9. The Morgan fingerprint density at radius 3 is 2.48 bits per heavy atom. The van der Waals surface area contributed by atoms with Crippen molar-refractivity contribution in [3.8, 4) is 0 Å². The van der Waals surface area contributed by atoms with Crippen LogP contribution in [-0.2, 0) is 0 Å². The van der Waals surface area contributed by atoms with Gasteiger partial charge in [0.25, 0.3) is 5.91 Å². The first-order valence-electron chi connectivity index (χ1n) is 7.88. The minimum Gasteiger partial charge on any atom is -0.378 e. The van der Waals surface area contributed by atoms with Crippen molar-refractivity contribution in [1.29, 1.82) is 0 Å². The maximum absolute atomic E-state index is 12.6. The zero-order valence-corrected chi connectivity index (χ0v) is 14.2. The number of carbonyl (C=O) groups excluding carboxylic acids is 1. The molecule has 1 aliphatic carbocycles. The zero-order chi connectivity index (χ0) is 16.4. The lowest BCUT2D eigenvalue weighted by atomic mass is 10.0. The molecule has 1 amide bonds. The number of hydrogen-bond acceptors (Lipinski definition) is 2. The van der Waals surface area contributed by atoms with Crippen molar-refractivity contribution < 1.29 is 4.79 Å². The van der Waals surface area contributed by atoms with Crippen molar-refractivity contribution >= 4 is 23.2 Å². The average molecular weight is 329 g/mol. The van der Waals surface area contributed by atoms with Gasteiger partial charge < -0.3 is 10.2 Å². The molecule has 0 radical (unpaired) electrons. The first-order valence-corrected chi connectivity index (χ1v) is 8.26. The van der Waals surface area contributed by atoms with Gasteiger partial charge in [0.2, 0.25) is 0 Å². The molecule has 3 rings (SSSR count). The number of nitrogens with zero attached hydrogens (tertiary/aromatic N) is 1. The standard InChI is InChI=1S/C19H21ClN2O/c1-22(2)17-5-3-4-15(12-17)19(23)21-18(13-6-7-13)14-8-10-16(20)11-9-14/h3-5,8-13,18H,6-7H2,1-2H3,(H,21,23). The predicted octanol–water partition coefficient (Wildman–Crippen LogP) is 4.29. The van der Waals surface area contributed by atoms with Crippen LogP contribution in [0.4, 0.5) is 5.69 Å². The van der Waals surface area contributed by atoms with E-state index < -0.39 is 0 Å². The maximum Gasteiger partial charge on any atom is 0.251 e. The van der Waals surface area contributed by atoms with E-state index in [-0.39, 0.29) is 11.9 Å². The molecule has 3 nitrogen and oxygen atoms in total. The van der Waals surface area contributed by atoms with Crippen molar-refractivity contribution in [2.45, 2.75) is 18.9 Å². The van der Waals surface area contributed by atoms with Gasteiger partial charge in [0.1, 0.15) is 0 Å². The number of rotatable bonds is 5. The third-order valence-electron chi connectivity index (χ3n) is 4.23. The molecule has 0 aliphatic heterocycles. The topological polar surface area (TPSA) is 32.3 Å². The summed E-state index contributed by atoms with van der Waals surface area (Å²) < 4.78 is 0. The van der Waals surface area contributed by atoms with E-state index in [1.807, 2.05) is 67.5 Å². The SMILES string of the molecule is CN(C)c1cccc(C(=O)NC(c2ccc(Cl)cc2)C2CC2)c1. The molecule has 1 saturated carbocycles. The summed E-state index contributed by atoms with van der Waals surface area (Å²) in [5.41, 5.74) is 2.83. The molecule has 1 aliphatic rings. The van der Waals surface area contributed by atoms with Crippen LogP contribution in [-0.4, -0.2) is 20.0 Å². The highest BCUT2D eigenvalue weighted by atomic mass is 35.5. The number of hydrogen-bond donors (Lipinski definition) is 1. The molecule has 23 heavy (non-hydrogen) atoms. The van der Waals surface area contributed by atoms with Crippen LogP contribution < -0.4 is 10.2 Å². The zero-order valence-electron chi connectivity index (χ0n) is 13.4. The molecule has 4 heteroatoms. The van der Waals surface area contributed by atoms with Crippen LogP contribution in [0, 0.1) is 5.92 Å². The maximum atomic E-state index is 12.6. The molecule has 0 aromatic heterocycles.